The zero-order chi connectivity index (χ0) is 18.4. The minimum atomic E-state index is -0.364. The highest BCUT2D eigenvalue weighted by molar-refractivity contribution is 5.99. The van der Waals surface area contributed by atoms with Gasteiger partial charge in [0.05, 0.1) is 0 Å². The van der Waals surface area contributed by atoms with Gasteiger partial charge in [0.1, 0.15) is 0 Å². The van der Waals surface area contributed by atoms with Gasteiger partial charge in [0.2, 0.25) is 0 Å². The quantitative estimate of drug-likeness (QED) is 0.608. The van der Waals surface area contributed by atoms with E-state index in [1.807, 2.05) is 48.5 Å². The molecule has 0 radical (unpaired) electrons. The van der Waals surface area contributed by atoms with Crippen LogP contribution in [0.25, 0.3) is 0 Å². The first-order chi connectivity index (χ1) is 12.6. The summed E-state index contributed by atoms with van der Waals surface area (Å²) in [5.74, 6) is 1.39. The Hall–Kier alpha value is -3.41. The van der Waals surface area contributed by atoms with Crippen molar-refractivity contribution in [3.8, 4) is 0 Å². The van der Waals surface area contributed by atoms with E-state index >= 15 is 0 Å². The van der Waals surface area contributed by atoms with Crippen molar-refractivity contribution in [2.24, 2.45) is 0 Å². The number of nitrogens with one attached hydrogen (secondary N) is 3. The van der Waals surface area contributed by atoms with Gasteiger partial charge in [0.15, 0.2) is 11.6 Å². The summed E-state index contributed by atoms with van der Waals surface area (Å²) < 4.78 is 0. The van der Waals surface area contributed by atoms with Crippen molar-refractivity contribution in [2.45, 2.75) is 19.8 Å². The van der Waals surface area contributed by atoms with Crippen LogP contribution >= 0.6 is 0 Å². The molecule has 26 heavy (non-hydrogen) atoms. The van der Waals surface area contributed by atoms with Crippen LogP contribution < -0.4 is 16.0 Å². The lowest BCUT2D eigenvalue weighted by Gasteiger charge is -2.13. The molecule has 1 aromatic heterocycles. The van der Waals surface area contributed by atoms with E-state index in [4.69, 9.17) is 0 Å². The lowest BCUT2D eigenvalue weighted by Crippen LogP contribution is -2.20. The molecule has 6 nitrogen and oxygen atoms in total. The van der Waals surface area contributed by atoms with Gasteiger partial charge >= 0.3 is 6.03 Å². The lowest BCUT2D eigenvalue weighted by atomic mass is 10.0. The molecule has 6 heteroatoms. The number of nitrogens with zero attached hydrogens (tertiary/aromatic N) is 2. The second-order valence-corrected chi connectivity index (χ2v) is 6.12. The average Bonchev–Trinajstić information content (AvgIpc) is 2.64. The van der Waals surface area contributed by atoms with Crippen molar-refractivity contribution in [2.75, 3.05) is 16.0 Å². The topological polar surface area (TPSA) is 78.9 Å². The van der Waals surface area contributed by atoms with Gasteiger partial charge in [0, 0.05) is 11.4 Å². The van der Waals surface area contributed by atoms with Gasteiger partial charge in [-0.05, 0) is 41.8 Å². The maximum Gasteiger partial charge on any atom is 0.324 e. The highest BCUT2D eigenvalue weighted by Crippen LogP contribution is 2.26. The van der Waals surface area contributed by atoms with Crippen LogP contribution in [0.3, 0.4) is 0 Å². The molecule has 3 N–H and O–H groups in total. The van der Waals surface area contributed by atoms with E-state index in [1.54, 1.807) is 12.1 Å². The fraction of sp³-hybridized carbons (Fsp3) is 0.150. The molecule has 0 atom stereocenters. The number of para-hydroxylation sites is 2. The van der Waals surface area contributed by atoms with E-state index in [9.17, 15) is 4.79 Å². The maximum absolute atomic E-state index is 12.0. The van der Waals surface area contributed by atoms with Gasteiger partial charge in [-0.3, -0.25) is 5.32 Å². The van der Waals surface area contributed by atoms with Crippen LogP contribution in [0.1, 0.15) is 25.3 Å². The smallest absolute Gasteiger partial charge is 0.324 e. The van der Waals surface area contributed by atoms with Crippen LogP contribution in [-0.2, 0) is 0 Å². The number of hydrogen-bond donors (Lipinski definition) is 3. The number of hydrogen-bond acceptors (Lipinski definition) is 4. The second kappa shape index (κ2) is 8.11. The van der Waals surface area contributed by atoms with E-state index in [2.05, 4.69) is 46.1 Å². The summed E-state index contributed by atoms with van der Waals surface area (Å²) in [4.78, 5) is 12.0. The molecule has 0 aliphatic carbocycles. The first-order valence-electron chi connectivity index (χ1n) is 8.44. The number of rotatable bonds is 5. The van der Waals surface area contributed by atoms with Crippen LogP contribution in [0, 0.1) is 0 Å². The number of carbonyl (C=O) groups excluding carboxylic acids is 1. The summed E-state index contributed by atoms with van der Waals surface area (Å²) in [5.41, 5.74) is 2.92. The molecule has 0 aliphatic heterocycles. The van der Waals surface area contributed by atoms with Crippen LogP contribution in [-0.4, -0.2) is 16.2 Å². The molecule has 0 fully saturated rings. The number of aromatic nitrogens is 2. The highest BCUT2D eigenvalue weighted by Gasteiger charge is 2.08. The van der Waals surface area contributed by atoms with Gasteiger partial charge < -0.3 is 10.6 Å². The Morgan fingerprint density at radius 1 is 0.808 bits per heavy atom. The van der Waals surface area contributed by atoms with E-state index in [0.29, 0.717) is 23.2 Å². The monoisotopic (exact) mass is 347 g/mol. The van der Waals surface area contributed by atoms with Gasteiger partial charge in [-0.25, -0.2) is 4.79 Å². The van der Waals surface area contributed by atoms with Crippen LogP contribution in [0.15, 0.2) is 66.7 Å². The Morgan fingerprint density at radius 2 is 1.46 bits per heavy atom. The van der Waals surface area contributed by atoms with Gasteiger partial charge in [-0.15, -0.1) is 10.2 Å². The lowest BCUT2D eigenvalue weighted by molar-refractivity contribution is 0.262. The Morgan fingerprint density at radius 3 is 2.15 bits per heavy atom. The van der Waals surface area contributed by atoms with E-state index < -0.39 is 0 Å². The predicted octanol–water partition coefficient (Wildman–Crippen LogP) is 4.99. The molecule has 0 saturated heterocycles. The first kappa shape index (κ1) is 17.4. The Bertz CT molecular complexity index is 863. The van der Waals surface area contributed by atoms with Crippen molar-refractivity contribution < 1.29 is 4.79 Å². The number of benzene rings is 2. The number of anilines is 4. The van der Waals surface area contributed by atoms with Gasteiger partial charge in [0.25, 0.3) is 0 Å². The summed E-state index contributed by atoms with van der Waals surface area (Å²) in [6, 6.07) is 20.4. The number of carbonyl (C=O) groups is 1. The average molecular weight is 347 g/mol. The first-order valence-corrected chi connectivity index (χ1v) is 8.44. The van der Waals surface area contributed by atoms with Crippen LogP contribution in [0.2, 0.25) is 0 Å². The van der Waals surface area contributed by atoms with Crippen molar-refractivity contribution in [1.29, 1.82) is 0 Å². The fourth-order valence-corrected chi connectivity index (χ4v) is 2.52. The molecule has 2 aromatic carbocycles. The fourth-order valence-electron chi connectivity index (χ4n) is 2.52. The molecule has 1 heterocycles. The molecule has 0 saturated carbocycles. The standard InChI is InChI=1S/C20H21N5O/c1-14(2)16-10-6-7-11-17(16)22-18-12-13-19(25-24-18)23-20(26)21-15-8-4-3-5-9-15/h3-14H,1-2H3,(H,22,24)(H2,21,23,25,26). The number of amides is 2. The van der Waals surface area contributed by atoms with Crippen LogP contribution in [0.4, 0.5) is 27.8 Å². The van der Waals surface area contributed by atoms with Crippen LogP contribution in [0.5, 0.6) is 0 Å². The molecule has 3 aromatic rings. The second-order valence-electron chi connectivity index (χ2n) is 6.12. The SMILES string of the molecule is CC(C)c1ccccc1Nc1ccc(NC(=O)Nc2ccccc2)nn1. The van der Waals surface area contributed by atoms with E-state index in [-0.39, 0.29) is 6.03 Å². The predicted molar refractivity (Wildman–Crippen MR) is 105 cm³/mol. The molecular weight excluding hydrogens is 326 g/mol. The Labute approximate surface area is 152 Å². The minimum absolute atomic E-state index is 0.364. The number of urea groups is 1. The third-order valence-corrected chi connectivity index (χ3v) is 3.78. The largest absolute Gasteiger partial charge is 0.338 e. The molecule has 0 bridgehead atoms. The zero-order valence-corrected chi connectivity index (χ0v) is 14.7. The van der Waals surface area contributed by atoms with Gasteiger partial charge in [-0.1, -0.05) is 50.2 Å². The third kappa shape index (κ3) is 4.57. The van der Waals surface area contributed by atoms with Crippen molar-refractivity contribution in [1.82, 2.24) is 10.2 Å². The molecular formula is C20H21N5O. The normalized spacial score (nSPS) is 10.4. The van der Waals surface area contributed by atoms with Crippen molar-refractivity contribution in [3.63, 3.8) is 0 Å². The summed E-state index contributed by atoms with van der Waals surface area (Å²) in [5, 5.41) is 16.8. The minimum Gasteiger partial charge on any atom is -0.338 e. The molecule has 0 aliphatic rings. The van der Waals surface area contributed by atoms with Crippen molar-refractivity contribution in [3.05, 3.63) is 72.3 Å². The van der Waals surface area contributed by atoms with Crippen molar-refractivity contribution >= 4 is 29.0 Å². The molecule has 0 unspecified atom stereocenters. The zero-order valence-electron chi connectivity index (χ0n) is 14.7. The summed E-state index contributed by atoms with van der Waals surface area (Å²) in [6.07, 6.45) is 0. The van der Waals surface area contributed by atoms with Gasteiger partial charge in [-0.2, -0.15) is 0 Å². The molecule has 3 rings (SSSR count). The third-order valence-electron chi connectivity index (χ3n) is 3.78. The summed E-state index contributed by atoms with van der Waals surface area (Å²) in [6.45, 7) is 4.29. The summed E-state index contributed by atoms with van der Waals surface area (Å²) >= 11 is 0. The molecule has 0 spiro atoms. The highest BCUT2D eigenvalue weighted by atomic mass is 16.2. The molecule has 2 amide bonds. The van der Waals surface area contributed by atoms with E-state index in [1.165, 1.54) is 5.56 Å². The van der Waals surface area contributed by atoms with E-state index in [0.717, 1.165) is 5.69 Å². The molecule has 132 valence electrons. The summed E-state index contributed by atoms with van der Waals surface area (Å²) in [7, 11) is 0. The Balaban J connectivity index is 1.63. The Kier molecular flexibility index (Phi) is 5.43. The maximum atomic E-state index is 12.0.